The van der Waals surface area contributed by atoms with E-state index in [9.17, 15) is 8.42 Å². The molecular formula is C28H32N2O2S. The molecule has 172 valence electrons. The van der Waals surface area contributed by atoms with E-state index in [1.807, 2.05) is 118 Å². The van der Waals surface area contributed by atoms with Crippen molar-refractivity contribution in [3.8, 4) is 0 Å². The van der Waals surface area contributed by atoms with Gasteiger partial charge in [0.05, 0.1) is 4.90 Å². The molecule has 3 aromatic carbocycles. The summed E-state index contributed by atoms with van der Waals surface area (Å²) >= 11 is 0. The lowest BCUT2D eigenvalue weighted by Crippen LogP contribution is -2.17. The van der Waals surface area contributed by atoms with Crippen molar-refractivity contribution in [1.29, 1.82) is 0 Å². The van der Waals surface area contributed by atoms with Gasteiger partial charge in [-0.3, -0.25) is 0 Å². The van der Waals surface area contributed by atoms with Crippen molar-refractivity contribution < 1.29 is 8.42 Å². The SMILES string of the molecule is Cc1ccc(S(=O)(=O)C(C=Cc2ccc(N(C)C)cc2)C=Cc2ccc(N(C)C)cc2)cc1. The smallest absolute Gasteiger partial charge is 0.188 e. The molecular weight excluding hydrogens is 428 g/mol. The first-order valence-electron chi connectivity index (χ1n) is 10.9. The third-order valence-electron chi connectivity index (χ3n) is 5.48. The van der Waals surface area contributed by atoms with E-state index >= 15 is 0 Å². The summed E-state index contributed by atoms with van der Waals surface area (Å²) < 4.78 is 26.9. The average Bonchev–Trinajstić information content (AvgIpc) is 2.79. The number of sulfone groups is 1. The Hall–Kier alpha value is -3.31. The first kappa shape index (κ1) is 24.3. The molecule has 3 rings (SSSR count). The van der Waals surface area contributed by atoms with Crippen LogP contribution in [0.4, 0.5) is 11.4 Å². The molecule has 0 amide bonds. The molecule has 0 aliphatic heterocycles. The number of hydrogen-bond donors (Lipinski definition) is 0. The van der Waals surface area contributed by atoms with Gasteiger partial charge in [0.15, 0.2) is 9.84 Å². The third kappa shape index (κ3) is 6.36. The van der Waals surface area contributed by atoms with Gasteiger partial charge in [-0.1, -0.05) is 66.3 Å². The highest BCUT2D eigenvalue weighted by molar-refractivity contribution is 7.92. The second-order valence-corrected chi connectivity index (χ2v) is 10.6. The summed E-state index contributed by atoms with van der Waals surface area (Å²) in [5.41, 5.74) is 5.12. The molecule has 0 aliphatic carbocycles. The molecule has 3 aromatic rings. The average molecular weight is 461 g/mol. The van der Waals surface area contributed by atoms with Crippen LogP contribution in [-0.4, -0.2) is 41.9 Å². The van der Waals surface area contributed by atoms with Crippen LogP contribution < -0.4 is 9.80 Å². The highest BCUT2D eigenvalue weighted by Crippen LogP contribution is 2.22. The van der Waals surface area contributed by atoms with E-state index in [-0.39, 0.29) is 0 Å². The monoisotopic (exact) mass is 460 g/mol. The maximum absolute atomic E-state index is 13.5. The molecule has 4 nitrogen and oxygen atoms in total. The van der Waals surface area contributed by atoms with Gasteiger partial charge in [-0.05, 0) is 54.4 Å². The second-order valence-electron chi connectivity index (χ2n) is 8.51. The Morgan fingerprint density at radius 1 is 0.636 bits per heavy atom. The minimum absolute atomic E-state index is 0.318. The number of anilines is 2. The van der Waals surface area contributed by atoms with Crippen molar-refractivity contribution >= 4 is 33.4 Å². The molecule has 0 bridgehead atoms. The molecule has 0 fully saturated rings. The number of aryl methyl sites for hydroxylation is 1. The molecule has 0 unspecified atom stereocenters. The van der Waals surface area contributed by atoms with Crippen LogP contribution >= 0.6 is 0 Å². The molecule has 0 radical (unpaired) electrons. The quantitative estimate of drug-likeness (QED) is 0.433. The first-order valence-corrected chi connectivity index (χ1v) is 12.4. The number of rotatable bonds is 8. The molecule has 0 saturated heterocycles. The van der Waals surface area contributed by atoms with Crippen LogP contribution in [0.15, 0.2) is 89.8 Å². The molecule has 0 aliphatic rings. The number of hydrogen-bond acceptors (Lipinski definition) is 4. The Morgan fingerprint density at radius 3 is 1.39 bits per heavy atom. The van der Waals surface area contributed by atoms with Crippen molar-refractivity contribution in [3.05, 3.63) is 102 Å². The van der Waals surface area contributed by atoms with Gasteiger partial charge in [0.25, 0.3) is 0 Å². The summed E-state index contributed by atoms with van der Waals surface area (Å²) in [6.07, 6.45) is 7.25. The lowest BCUT2D eigenvalue weighted by molar-refractivity contribution is 0.594. The minimum Gasteiger partial charge on any atom is -0.378 e. The summed E-state index contributed by atoms with van der Waals surface area (Å²) in [7, 11) is 4.37. The van der Waals surface area contributed by atoms with Crippen LogP contribution in [0.2, 0.25) is 0 Å². The molecule has 0 aromatic heterocycles. The maximum atomic E-state index is 13.5. The van der Waals surface area contributed by atoms with Gasteiger partial charge >= 0.3 is 0 Å². The zero-order valence-corrected chi connectivity index (χ0v) is 20.8. The molecule has 0 saturated carbocycles. The standard InChI is InChI=1S/C28H32N2O2S/c1-22-6-18-27(19-7-22)33(31,32)28(20-12-23-8-14-25(15-9-23)29(2)3)21-13-24-10-16-26(17-11-24)30(4)5/h6-21,28H,1-5H3. The van der Waals surface area contributed by atoms with E-state index in [1.54, 1.807) is 24.3 Å². The fourth-order valence-corrected chi connectivity index (χ4v) is 4.74. The van der Waals surface area contributed by atoms with Crippen LogP contribution in [0.25, 0.3) is 12.2 Å². The predicted molar refractivity (Wildman–Crippen MR) is 142 cm³/mol. The van der Waals surface area contributed by atoms with Crippen molar-refractivity contribution in [2.75, 3.05) is 38.0 Å². The summed E-state index contributed by atoms with van der Waals surface area (Å²) in [4.78, 5) is 4.38. The highest BCUT2D eigenvalue weighted by atomic mass is 32.2. The third-order valence-corrected chi connectivity index (χ3v) is 7.44. The Kier molecular flexibility index (Phi) is 7.77. The van der Waals surface area contributed by atoms with Gasteiger partial charge in [0.1, 0.15) is 5.25 Å². The number of nitrogens with zero attached hydrogens (tertiary/aromatic N) is 2. The minimum atomic E-state index is -3.59. The molecule has 0 atom stereocenters. The molecule has 0 spiro atoms. The van der Waals surface area contributed by atoms with E-state index in [4.69, 9.17) is 0 Å². The largest absolute Gasteiger partial charge is 0.378 e. The topological polar surface area (TPSA) is 40.6 Å². The highest BCUT2D eigenvalue weighted by Gasteiger charge is 2.23. The Bertz CT molecular complexity index is 1140. The molecule has 0 heterocycles. The van der Waals surface area contributed by atoms with Crippen LogP contribution in [-0.2, 0) is 9.84 Å². The van der Waals surface area contributed by atoms with E-state index in [1.165, 1.54) is 0 Å². The summed E-state index contributed by atoms with van der Waals surface area (Å²) in [5.74, 6) is 0. The first-order chi connectivity index (χ1) is 15.7. The predicted octanol–water partition coefficient (Wildman–Crippen LogP) is 5.70. The fraction of sp³-hybridized carbons (Fsp3) is 0.214. The molecule has 33 heavy (non-hydrogen) atoms. The molecule has 5 heteroatoms. The van der Waals surface area contributed by atoms with Gasteiger partial charge < -0.3 is 9.80 Å². The summed E-state index contributed by atoms with van der Waals surface area (Å²) in [6.45, 7) is 1.95. The Labute approximate surface area is 198 Å². The Balaban J connectivity index is 1.93. The second kappa shape index (κ2) is 10.5. The van der Waals surface area contributed by atoms with Crippen molar-refractivity contribution in [3.63, 3.8) is 0 Å². The van der Waals surface area contributed by atoms with Crippen molar-refractivity contribution in [1.82, 2.24) is 0 Å². The normalized spacial score (nSPS) is 12.9. The fourth-order valence-electron chi connectivity index (χ4n) is 3.34. The van der Waals surface area contributed by atoms with E-state index in [2.05, 4.69) is 0 Å². The summed E-state index contributed by atoms with van der Waals surface area (Å²) in [5, 5.41) is -0.790. The van der Waals surface area contributed by atoms with Gasteiger partial charge in [0.2, 0.25) is 0 Å². The lowest BCUT2D eigenvalue weighted by Gasteiger charge is -2.13. The number of benzene rings is 3. The van der Waals surface area contributed by atoms with E-state index in [0.717, 1.165) is 28.1 Å². The summed E-state index contributed by atoms with van der Waals surface area (Å²) in [6, 6.07) is 23.1. The van der Waals surface area contributed by atoms with Crippen molar-refractivity contribution in [2.45, 2.75) is 17.1 Å². The van der Waals surface area contributed by atoms with Gasteiger partial charge in [-0.15, -0.1) is 0 Å². The van der Waals surface area contributed by atoms with Gasteiger partial charge in [-0.2, -0.15) is 0 Å². The van der Waals surface area contributed by atoms with Gasteiger partial charge in [0, 0.05) is 39.6 Å². The van der Waals surface area contributed by atoms with Crippen LogP contribution in [0.1, 0.15) is 16.7 Å². The van der Waals surface area contributed by atoms with Crippen molar-refractivity contribution in [2.24, 2.45) is 0 Å². The zero-order valence-electron chi connectivity index (χ0n) is 19.9. The van der Waals surface area contributed by atoms with E-state index in [0.29, 0.717) is 4.90 Å². The lowest BCUT2D eigenvalue weighted by atomic mass is 10.1. The van der Waals surface area contributed by atoms with Gasteiger partial charge in [-0.25, -0.2) is 8.42 Å². The van der Waals surface area contributed by atoms with Crippen LogP contribution in [0.5, 0.6) is 0 Å². The van der Waals surface area contributed by atoms with E-state index < -0.39 is 15.1 Å². The van der Waals surface area contributed by atoms with Crippen LogP contribution in [0, 0.1) is 6.92 Å². The zero-order chi connectivity index (χ0) is 24.0. The maximum Gasteiger partial charge on any atom is 0.188 e. The van der Waals surface area contributed by atoms with Crippen LogP contribution in [0.3, 0.4) is 0 Å². The Morgan fingerprint density at radius 2 is 1.03 bits per heavy atom. The molecule has 0 N–H and O–H groups in total.